The largest absolute Gasteiger partial charge is 0.435 e. The fourth-order valence-electron chi connectivity index (χ4n) is 0.937. The fraction of sp³-hybridized carbons (Fsp3) is 0.222. The summed E-state index contributed by atoms with van der Waals surface area (Å²) in [5, 5.41) is 8.52. The molecule has 76 valence electrons. The molecule has 0 aliphatic heterocycles. The van der Waals surface area contributed by atoms with Gasteiger partial charge in [-0.05, 0) is 12.1 Å². The zero-order valence-electron chi connectivity index (χ0n) is 7.11. The number of aliphatic hydroxyl groups is 1. The number of aliphatic hydroxyl groups excluding tert-OH is 1. The molecule has 0 fully saturated rings. The number of benzene rings is 1. The van der Waals surface area contributed by atoms with Gasteiger partial charge in [-0.25, -0.2) is 0 Å². The first-order valence-corrected chi connectivity index (χ1v) is 3.82. The van der Waals surface area contributed by atoms with Crippen molar-refractivity contribution in [3.05, 3.63) is 29.8 Å². The van der Waals surface area contributed by atoms with Crippen molar-refractivity contribution in [2.45, 2.75) is 6.61 Å². The van der Waals surface area contributed by atoms with Gasteiger partial charge < -0.3 is 9.84 Å². The van der Waals surface area contributed by atoms with Crippen molar-refractivity contribution >= 4 is 5.78 Å². The van der Waals surface area contributed by atoms with E-state index in [0.717, 1.165) is 6.07 Å². The molecule has 0 saturated heterocycles. The Morgan fingerprint density at radius 1 is 1.50 bits per heavy atom. The maximum absolute atomic E-state index is 11.8. The van der Waals surface area contributed by atoms with Gasteiger partial charge in [0.25, 0.3) is 0 Å². The monoisotopic (exact) mass is 202 g/mol. The molecule has 0 bridgehead atoms. The molecular weight excluding hydrogens is 194 g/mol. The van der Waals surface area contributed by atoms with E-state index in [1.54, 1.807) is 0 Å². The molecule has 0 heterocycles. The highest BCUT2D eigenvalue weighted by Crippen LogP contribution is 2.15. The van der Waals surface area contributed by atoms with Crippen LogP contribution in [-0.2, 0) is 0 Å². The van der Waals surface area contributed by atoms with E-state index in [1.807, 2.05) is 0 Å². The Labute approximate surface area is 78.9 Å². The van der Waals surface area contributed by atoms with Crippen LogP contribution < -0.4 is 4.74 Å². The molecule has 0 amide bonds. The number of carbonyl (C=O) groups excluding carboxylic acids is 1. The maximum Gasteiger partial charge on any atom is 0.387 e. The first-order valence-electron chi connectivity index (χ1n) is 3.82. The van der Waals surface area contributed by atoms with Crippen LogP contribution in [0.2, 0.25) is 0 Å². The van der Waals surface area contributed by atoms with E-state index in [9.17, 15) is 13.6 Å². The molecule has 1 aromatic carbocycles. The predicted molar refractivity (Wildman–Crippen MR) is 44.5 cm³/mol. The smallest absolute Gasteiger partial charge is 0.387 e. The number of carbonyl (C=O) groups is 1. The van der Waals surface area contributed by atoms with Gasteiger partial charge in [-0.1, -0.05) is 12.1 Å². The van der Waals surface area contributed by atoms with Crippen LogP contribution in [0.3, 0.4) is 0 Å². The molecule has 5 heteroatoms. The van der Waals surface area contributed by atoms with Crippen LogP contribution in [0.25, 0.3) is 0 Å². The molecule has 0 aromatic heterocycles. The zero-order valence-corrected chi connectivity index (χ0v) is 7.11. The second-order valence-corrected chi connectivity index (χ2v) is 2.49. The molecule has 0 saturated carbocycles. The van der Waals surface area contributed by atoms with Crippen LogP contribution in [0.15, 0.2) is 24.3 Å². The first kappa shape index (κ1) is 10.6. The third kappa shape index (κ3) is 2.77. The Bertz CT molecular complexity index is 326. The van der Waals surface area contributed by atoms with Gasteiger partial charge in [-0.3, -0.25) is 4.79 Å². The maximum atomic E-state index is 11.8. The molecule has 0 unspecified atom stereocenters. The van der Waals surface area contributed by atoms with Gasteiger partial charge in [-0.15, -0.1) is 0 Å². The summed E-state index contributed by atoms with van der Waals surface area (Å²) in [7, 11) is 0. The summed E-state index contributed by atoms with van der Waals surface area (Å²) in [6, 6.07) is 5.28. The average Bonchev–Trinajstić information content (AvgIpc) is 2.16. The van der Waals surface area contributed by atoms with Crippen LogP contribution in [-0.4, -0.2) is 24.1 Å². The van der Waals surface area contributed by atoms with E-state index in [2.05, 4.69) is 4.74 Å². The van der Waals surface area contributed by atoms with Gasteiger partial charge in [0.15, 0.2) is 5.78 Å². The molecule has 1 aromatic rings. The number of alkyl halides is 2. The average molecular weight is 202 g/mol. The molecule has 0 spiro atoms. The summed E-state index contributed by atoms with van der Waals surface area (Å²) >= 11 is 0. The van der Waals surface area contributed by atoms with Crippen LogP contribution in [0.4, 0.5) is 8.78 Å². The molecule has 1 rings (SSSR count). The number of halogens is 2. The Balaban J connectivity index is 2.84. The molecule has 0 aliphatic rings. The minimum Gasteiger partial charge on any atom is -0.435 e. The second-order valence-electron chi connectivity index (χ2n) is 2.49. The zero-order chi connectivity index (χ0) is 10.6. The SMILES string of the molecule is O=C(CO)c1cccc(OC(F)F)c1. The van der Waals surface area contributed by atoms with E-state index in [1.165, 1.54) is 18.2 Å². The Hall–Kier alpha value is -1.49. The molecule has 3 nitrogen and oxygen atoms in total. The van der Waals surface area contributed by atoms with Crippen LogP contribution in [0.1, 0.15) is 10.4 Å². The molecule has 0 aliphatic carbocycles. The van der Waals surface area contributed by atoms with E-state index in [0.29, 0.717) is 0 Å². The summed E-state index contributed by atoms with van der Waals surface area (Å²) < 4.78 is 27.6. The number of Topliss-reactive ketones (excluding diaryl/α,β-unsaturated/α-hetero) is 1. The molecular formula is C9H8F2O3. The van der Waals surface area contributed by atoms with E-state index < -0.39 is 19.0 Å². The quantitative estimate of drug-likeness (QED) is 0.752. The summed E-state index contributed by atoms with van der Waals surface area (Å²) in [5.41, 5.74) is 0.144. The van der Waals surface area contributed by atoms with E-state index in [-0.39, 0.29) is 11.3 Å². The highest BCUT2D eigenvalue weighted by Gasteiger charge is 2.08. The standard InChI is InChI=1S/C9H8F2O3/c10-9(11)14-7-3-1-2-6(4-7)8(13)5-12/h1-4,9,12H,5H2. The number of rotatable bonds is 4. The lowest BCUT2D eigenvalue weighted by atomic mass is 10.1. The van der Waals surface area contributed by atoms with Crippen molar-refractivity contribution in [3.8, 4) is 5.75 Å². The van der Waals surface area contributed by atoms with Gasteiger partial charge in [0.2, 0.25) is 0 Å². The minimum atomic E-state index is -2.92. The third-order valence-corrected chi connectivity index (χ3v) is 1.52. The van der Waals surface area contributed by atoms with E-state index in [4.69, 9.17) is 5.11 Å². The number of ether oxygens (including phenoxy) is 1. The van der Waals surface area contributed by atoms with E-state index >= 15 is 0 Å². The Morgan fingerprint density at radius 2 is 2.21 bits per heavy atom. The molecule has 1 N–H and O–H groups in total. The second kappa shape index (κ2) is 4.66. The fourth-order valence-corrected chi connectivity index (χ4v) is 0.937. The summed E-state index contributed by atoms with van der Waals surface area (Å²) in [4.78, 5) is 11.0. The summed E-state index contributed by atoms with van der Waals surface area (Å²) in [5.74, 6) is -0.635. The topological polar surface area (TPSA) is 46.5 Å². The molecule has 14 heavy (non-hydrogen) atoms. The highest BCUT2D eigenvalue weighted by molar-refractivity contribution is 5.97. The van der Waals surface area contributed by atoms with Gasteiger partial charge in [0, 0.05) is 5.56 Å². The highest BCUT2D eigenvalue weighted by atomic mass is 19.3. The Kier molecular flexibility index (Phi) is 3.53. The van der Waals surface area contributed by atoms with Crippen molar-refractivity contribution in [3.63, 3.8) is 0 Å². The lowest BCUT2D eigenvalue weighted by Gasteiger charge is -2.05. The van der Waals surface area contributed by atoms with Gasteiger partial charge in [0.1, 0.15) is 12.4 Å². The lowest BCUT2D eigenvalue weighted by molar-refractivity contribution is -0.0498. The van der Waals surface area contributed by atoms with Crippen molar-refractivity contribution in [1.82, 2.24) is 0 Å². The third-order valence-electron chi connectivity index (χ3n) is 1.52. The lowest BCUT2D eigenvalue weighted by Crippen LogP contribution is -2.06. The van der Waals surface area contributed by atoms with Crippen molar-refractivity contribution in [1.29, 1.82) is 0 Å². The normalized spacial score (nSPS) is 10.3. The number of ketones is 1. The summed E-state index contributed by atoms with van der Waals surface area (Å²) in [6.45, 7) is -3.58. The first-order chi connectivity index (χ1) is 6.63. The van der Waals surface area contributed by atoms with Gasteiger partial charge in [0.05, 0.1) is 0 Å². The number of hydrogen-bond acceptors (Lipinski definition) is 3. The molecule has 0 atom stereocenters. The number of hydrogen-bond donors (Lipinski definition) is 1. The van der Waals surface area contributed by atoms with Gasteiger partial charge >= 0.3 is 6.61 Å². The minimum absolute atomic E-state index is 0.0979. The van der Waals surface area contributed by atoms with Crippen molar-refractivity contribution in [2.24, 2.45) is 0 Å². The van der Waals surface area contributed by atoms with Crippen LogP contribution in [0.5, 0.6) is 5.75 Å². The van der Waals surface area contributed by atoms with Crippen molar-refractivity contribution in [2.75, 3.05) is 6.61 Å². The van der Waals surface area contributed by atoms with Crippen LogP contribution in [0, 0.1) is 0 Å². The predicted octanol–water partition coefficient (Wildman–Crippen LogP) is 1.46. The van der Waals surface area contributed by atoms with Crippen LogP contribution >= 0.6 is 0 Å². The Morgan fingerprint density at radius 3 is 2.79 bits per heavy atom. The summed E-state index contributed by atoms with van der Waals surface area (Å²) in [6.07, 6.45) is 0. The van der Waals surface area contributed by atoms with Crippen molar-refractivity contribution < 1.29 is 23.4 Å². The van der Waals surface area contributed by atoms with Gasteiger partial charge in [-0.2, -0.15) is 8.78 Å². The molecule has 0 radical (unpaired) electrons.